The number of fused-ring (bicyclic) bond motifs is 1. The lowest BCUT2D eigenvalue weighted by molar-refractivity contribution is 0.573. The van der Waals surface area contributed by atoms with Gasteiger partial charge >= 0.3 is 0 Å². The highest BCUT2D eigenvalue weighted by molar-refractivity contribution is 6.30. The molecule has 0 bridgehead atoms. The standard InChI is InChI=1S/C17H16ClFN4/c1-17(2,3)15-16(22-21-13-6-4-5-12(19)9-13)23-10-11(18)7-8-14(23)20-15/h4-10H,1-3H3. The number of hydrogen-bond acceptors (Lipinski definition) is 3. The Kier molecular flexibility index (Phi) is 3.90. The van der Waals surface area contributed by atoms with Crippen LogP contribution in [-0.2, 0) is 5.41 Å². The summed E-state index contributed by atoms with van der Waals surface area (Å²) in [6.07, 6.45) is 1.75. The fraction of sp³-hybridized carbons (Fsp3) is 0.235. The van der Waals surface area contributed by atoms with E-state index in [1.165, 1.54) is 12.1 Å². The van der Waals surface area contributed by atoms with Crippen molar-refractivity contribution >= 4 is 28.8 Å². The SMILES string of the molecule is CC(C)(C)c1nc2ccc(Cl)cn2c1N=Nc1cccc(F)c1. The first-order valence-corrected chi connectivity index (χ1v) is 7.58. The molecule has 0 fully saturated rings. The Hall–Kier alpha value is -2.27. The zero-order valence-electron chi connectivity index (χ0n) is 13.1. The summed E-state index contributed by atoms with van der Waals surface area (Å²) in [5.41, 5.74) is 1.78. The zero-order chi connectivity index (χ0) is 16.6. The molecule has 118 valence electrons. The largest absolute Gasteiger partial charge is 0.281 e. The van der Waals surface area contributed by atoms with Crippen molar-refractivity contribution in [1.29, 1.82) is 0 Å². The molecule has 0 unspecified atom stereocenters. The number of nitrogens with zero attached hydrogens (tertiary/aromatic N) is 4. The predicted molar refractivity (Wildman–Crippen MR) is 89.5 cm³/mol. The van der Waals surface area contributed by atoms with Crippen molar-refractivity contribution in [2.24, 2.45) is 10.2 Å². The van der Waals surface area contributed by atoms with E-state index in [9.17, 15) is 4.39 Å². The van der Waals surface area contributed by atoms with Gasteiger partial charge in [0.05, 0.1) is 16.4 Å². The van der Waals surface area contributed by atoms with E-state index in [0.29, 0.717) is 16.5 Å². The van der Waals surface area contributed by atoms with E-state index < -0.39 is 0 Å². The molecule has 0 spiro atoms. The van der Waals surface area contributed by atoms with Crippen molar-refractivity contribution in [1.82, 2.24) is 9.38 Å². The van der Waals surface area contributed by atoms with Crippen LogP contribution in [-0.4, -0.2) is 9.38 Å². The van der Waals surface area contributed by atoms with Gasteiger partial charge in [-0.3, -0.25) is 4.40 Å². The molecule has 1 aromatic carbocycles. The lowest BCUT2D eigenvalue weighted by Gasteiger charge is -2.15. The number of imidazole rings is 1. The molecule has 0 atom stereocenters. The van der Waals surface area contributed by atoms with Crippen LogP contribution in [0.15, 0.2) is 52.8 Å². The first-order chi connectivity index (χ1) is 10.8. The predicted octanol–water partition coefficient (Wildman–Crippen LogP) is 5.84. The van der Waals surface area contributed by atoms with Crippen molar-refractivity contribution in [3.8, 4) is 0 Å². The molecule has 3 aromatic rings. The molecular formula is C17H16ClFN4. The lowest BCUT2D eigenvalue weighted by Crippen LogP contribution is -2.11. The van der Waals surface area contributed by atoms with E-state index in [2.05, 4.69) is 36.0 Å². The Morgan fingerprint density at radius 3 is 2.61 bits per heavy atom. The molecular weight excluding hydrogens is 315 g/mol. The maximum Gasteiger partial charge on any atom is 0.183 e. The summed E-state index contributed by atoms with van der Waals surface area (Å²) in [5, 5.41) is 9.04. The normalized spacial score (nSPS) is 12.4. The summed E-state index contributed by atoms with van der Waals surface area (Å²) >= 11 is 6.08. The Labute approximate surface area is 138 Å². The lowest BCUT2D eigenvalue weighted by atomic mass is 9.92. The third-order valence-electron chi connectivity index (χ3n) is 3.34. The van der Waals surface area contributed by atoms with E-state index in [1.807, 2.05) is 6.07 Å². The Balaban J connectivity index is 2.16. The van der Waals surface area contributed by atoms with Gasteiger partial charge in [0.15, 0.2) is 5.82 Å². The molecule has 6 heteroatoms. The summed E-state index contributed by atoms with van der Waals surface area (Å²) in [6.45, 7) is 6.16. The van der Waals surface area contributed by atoms with E-state index in [1.54, 1.807) is 28.8 Å². The molecule has 2 heterocycles. The van der Waals surface area contributed by atoms with Gasteiger partial charge in [-0.15, -0.1) is 10.2 Å². The average Bonchev–Trinajstić information content (AvgIpc) is 2.83. The van der Waals surface area contributed by atoms with Gasteiger partial charge < -0.3 is 0 Å². The summed E-state index contributed by atoms with van der Waals surface area (Å²) in [7, 11) is 0. The number of halogens is 2. The van der Waals surface area contributed by atoms with E-state index >= 15 is 0 Å². The van der Waals surface area contributed by atoms with Gasteiger partial charge in [0.2, 0.25) is 0 Å². The van der Waals surface area contributed by atoms with Gasteiger partial charge in [-0.1, -0.05) is 38.4 Å². The van der Waals surface area contributed by atoms with E-state index in [4.69, 9.17) is 11.6 Å². The number of rotatable bonds is 2. The second kappa shape index (κ2) is 5.74. The molecule has 0 radical (unpaired) electrons. The van der Waals surface area contributed by atoms with E-state index in [0.717, 1.165) is 11.3 Å². The van der Waals surface area contributed by atoms with Crippen molar-refractivity contribution in [3.05, 3.63) is 59.1 Å². The highest BCUT2D eigenvalue weighted by Crippen LogP contribution is 2.33. The van der Waals surface area contributed by atoms with Gasteiger partial charge in [-0.05, 0) is 24.3 Å². The van der Waals surface area contributed by atoms with Crippen LogP contribution in [0.5, 0.6) is 0 Å². The highest BCUT2D eigenvalue weighted by atomic mass is 35.5. The molecule has 0 amide bonds. The van der Waals surface area contributed by atoms with Crippen molar-refractivity contribution < 1.29 is 4.39 Å². The molecule has 0 aliphatic heterocycles. The van der Waals surface area contributed by atoms with Crippen LogP contribution < -0.4 is 0 Å². The van der Waals surface area contributed by atoms with Crippen molar-refractivity contribution in [2.75, 3.05) is 0 Å². The van der Waals surface area contributed by atoms with Crippen LogP contribution in [0.1, 0.15) is 26.5 Å². The average molecular weight is 331 g/mol. The molecule has 0 aliphatic rings. The maximum atomic E-state index is 13.3. The zero-order valence-corrected chi connectivity index (χ0v) is 13.8. The Bertz CT molecular complexity index is 893. The topological polar surface area (TPSA) is 42.0 Å². The first-order valence-electron chi connectivity index (χ1n) is 7.20. The van der Waals surface area contributed by atoms with Gasteiger partial charge in [0.1, 0.15) is 11.5 Å². The second-order valence-electron chi connectivity index (χ2n) is 6.29. The molecule has 0 saturated carbocycles. The number of benzene rings is 1. The summed E-state index contributed by atoms with van der Waals surface area (Å²) in [5.74, 6) is 0.248. The minimum absolute atomic E-state index is 0.214. The summed E-state index contributed by atoms with van der Waals surface area (Å²) in [6, 6.07) is 9.60. The van der Waals surface area contributed by atoms with Crippen molar-refractivity contribution in [3.63, 3.8) is 0 Å². The summed E-state index contributed by atoms with van der Waals surface area (Å²) < 4.78 is 15.1. The smallest absolute Gasteiger partial charge is 0.183 e. The van der Waals surface area contributed by atoms with Gasteiger partial charge in [-0.2, -0.15) is 0 Å². The van der Waals surface area contributed by atoms with Crippen LogP contribution in [0.2, 0.25) is 5.02 Å². The van der Waals surface area contributed by atoms with Gasteiger partial charge in [0.25, 0.3) is 0 Å². The molecule has 2 aromatic heterocycles. The monoisotopic (exact) mass is 330 g/mol. The molecule has 0 aliphatic carbocycles. The fourth-order valence-corrected chi connectivity index (χ4v) is 2.41. The first kappa shape index (κ1) is 15.6. The number of hydrogen-bond donors (Lipinski definition) is 0. The van der Waals surface area contributed by atoms with Crippen LogP contribution in [0.25, 0.3) is 5.65 Å². The molecule has 23 heavy (non-hydrogen) atoms. The third kappa shape index (κ3) is 3.24. The van der Waals surface area contributed by atoms with Crippen molar-refractivity contribution in [2.45, 2.75) is 26.2 Å². The Morgan fingerprint density at radius 1 is 1.13 bits per heavy atom. The van der Waals surface area contributed by atoms with Crippen LogP contribution >= 0.6 is 11.6 Å². The fourth-order valence-electron chi connectivity index (χ4n) is 2.25. The summed E-state index contributed by atoms with van der Waals surface area (Å²) in [4.78, 5) is 4.63. The molecule has 4 nitrogen and oxygen atoms in total. The minimum atomic E-state index is -0.348. The van der Waals surface area contributed by atoms with Crippen LogP contribution in [0.3, 0.4) is 0 Å². The van der Waals surface area contributed by atoms with Crippen LogP contribution in [0, 0.1) is 5.82 Å². The third-order valence-corrected chi connectivity index (χ3v) is 3.56. The Morgan fingerprint density at radius 2 is 1.91 bits per heavy atom. The maximum absolute atomic E-state index is 13.3. The number of aromatic nitrogens is 2. The van der Waals surface area contributed by atoms with Gasteiger partial charge in [-0.25, -0.2) is 9.37 Å². The highest BCUT2D eigenvalue weighted by Gasteiger charge is 2.24. The van der Waals surface area contributed by atoms with Crippen LogP contribution in [0.4, 0.5) is 15.9 Å². The quantitative estimate of drug-likeness (QED) is 0.544. The van der Waals surface area contributed by atoms with Gasteiger partial charge in [0, 0.05) is 17.7 Å². The minimum Gasteiger partial charge on any atom is -0.281 e. The molecule has 0 saturated heterocycles. The number of pyridine rings is 1. The second-order valence-corrected chi connectivity index (χ2v) is 6.73. The van der Waals surface area contributed by atoms with E-state index in [-0.39, 0.29) is 11.2 Å². The molecule has 0 N–H and O–H groups in total. The number of azo groups is 1. The molecule has 3 rings (SSSR count).